The summed E-state index contributed by atoms with van der Waals surface area (Å²) in [6, 6.07) is 0. The fraction of sp³-hybridized carbons (Fsp3) is 0.733. The topological polar surface area (TPSA) is 40.5 Å². The highest BCUT2D eigenvalue weighted by Crippen LogP contribution is 2.58. The molecule has 3 heteroatoms. The lowest BCUT2D eigenvalue weighted by Gasteiger charge is -2.55. The van der Waals surface area contributed by atoms with Crippen LogP contribution in [-0.2, 0) is 0 Å². The van der Waals surface area contributed by atoms with Gasteiger partial charge in [0.25, 0.3) is 0 Å². The summed E-state index contributed by atoms with van der Waals surface area (Å²) in [5.41, 5.74) is 0.364. The SMILES string of the molecule is CC1=CC(O)C(Br)C(C)(C)C12C=CC(C)(O)CC2. The third kappa shape index (κ3) is 1.91. The summed E-state index contributed by atoms with van der Waals surface area (Å²) in [5.74, 6) is 0. The molecule has 0 saturated heterocycles. The van der Waals surface area contributed by atoms with Crippen LogP contribution in [0.3, 0.4) is 0 Å². The molecule has 2 rings (SSSR count). The first kappa shape index (κ1) is 14.3. The average Bonchev–Trinajstić information content (AvgIpc) is 2.26. The summed E-state index contributed by atoms with van der Waals surface area (Å²) in [7, 11) is 0. The number of hydrogen-bond donors (Lipinski definition) is 2. The summed E-state index contributed by atoms with van der Waals surface area (Å²) in [6.07, 6.45) is 7.26. The van der Waals surface area contributed by atoms with Gasteiger partial charge in [0.15, 0.2) is 0 Å². The first-order valence-corrected chi connectivity index (χ1v) is 7.48. The van der Waals surface area contributed by atoms with Crippen LogP contribution in [0, 0.1) is 10.8 Å². The third-order valence-corrected chi connectivity index (χ3v) is 6.70. The molecule has 0 amide bonds. The van der Waals surface area contributed by atoms with Crippen LogP contribution in [0.25, 0.3) is 0 Å². The highest BCUT2D eigenvalue weighted by atomic mass is 79.9. The highest BCUT2D eigenvalue weighted by molar-refractivity contribution is 9.09. The Morgan fingerprint density at radius 1 is 1.22 bits per heavy atom. The molecule has 0 aromatic heterocycles. The maximum absolute atomic E-state index is 10.1. The minimum atomic E-state index is -0.695. The van der Waals surface area contributed by atoms with Crippen molar-refractivity contribution in [2.75, 3.05) is 0 Å². The summed E-state index contributed by atoms with van der Waals surface area (Å²) in [6.45, 7) is 8.33. The molecule has 1 spiro atoms. The van der Waals surface area contributed by atoms with E-state index in [1.165, 1.54) is 5.57 Å². The molecule has 0 aliphatic heterocycles. The number of halogens is 1. The molecule has 4 unspecified atom stereocenters. The Morgan fingerprint density at radius 2 is 1.83 bits per heavy atom. The molecule has 0 aromatic carbocycles. The van der Waals surface area contributed by atoms with Gasteiger partial charge in [-0.3, -0.25) is 0 Å². The minimum Gasteiger partial charge on any atom is -0.388 e. The van der Waals surface area contributed by atoms with E-state index < -0.39 is 11.7 Å². The molecule has 0 fully saturated rings. The van der Waals surface area contributed by atoms with Crippen LogP contribution in [0.4, 0.5) is 0 Å². The van der Waals surface area contributed by atoms with Gasteiger partial charge in [0.05, 0.1) is 16.5 Å². The van der Waals surface area contributed by atoms with E-state index in [2.05, 4.69) is 42.8 Å². The number of aliphatic hydroxyl groups is 2. The molecule has 0 bridgehead atoms. The summed E-state index contributed by atoms with van der Waals surface area (Å²) < 4.78 is 0. The number of hydrogen-bond acceptors (Lipinski definition) is 2. The van der Waals surface area contributed by atoms with Crippen LogP contribution in [-0.4, -0.2) is 26.7 Å². The number of allylic oxidation sites excluding steroid dienone is 2. The first-order valence-electron chi connectivity index (χ1n) is 6.56. The Morgan fingerprint density at radius 3 is 2.33 bits per heavy atom. The fourth-order valence-electron chi connectivity index (χ4n) is 3.47. The van der Waals surface area contributed by atoms with Crippen LogP contribution < -0.4 is 0 Å². The second-order valence-electron chi connectivity index (χ2n) is 6.63. The van der Waals surface area contributed by atoms with Crippen LogP contribution in [0.1, 0.15) is 40.5 Å². The number of rotatable bonds is 0. The van der Waals surface area contributed by atoms with Gasteiger partial charge >= 0.3 is 0 Å². The van der Waals surface area contributed by atoms with Crippen molar-refractivity contribution in [3.05, 3.63) is 23.8 Å². The van der Waals surface area contributed by atoms with Crippen molar-refractivity contribution in [1.82, 2.24) is 0 Å². The normalized spacial score (nSPS) is 47.2. The smallest absolute Gasteiger partial charge is 0.0854 e. The molecule has 2 N–H and O–H groups in total. The number of alkyl halides is 1. The van der Waals surface area contributed by atoms with E-state index in [0.717, 1.165) is 12.8 Å². The van der Waals surface area contributed by atoms with Gasteiger partial charge in [0.2, 0.25) is 0 Å². The van der Waals surface area contributed by atoms with E-state index >= 15 is 0 Å². The van der Waals surface area contributed by atoms with Gasteiger partial charge in [-0.1, -0.05) is 53.6 Å². The zero-order valence-corrected chi connectivity index (χ0v) is 13.2. The molecule has 2 aliphatic rings. The van der Waals surface area contributed by atoms with Crippen molar-refractivity contribution < 1.29 is 10.2 Å². The lowest BCUT2D eigenvalue weighted by Crippen LogP contribution is -2.52. The molecule has 18 heavy (non-hydrogen) atoms. The fourth-order valence-corrected chi connectivity index (χ4v) is 4.04. The monoisotopic (exact) mass is 314 g/mol. The maximum Gasteiger partial charge on any atom is 0.0854 e. The molecule has 0 aromatic rings. The molecule has 2 aliphatic carbocycles. The first-order chi connectivity index (χ1) is 8.12. The molecule has 0 radical (unpaired) electrons. The van der Waals surface area contributed by atoms with Crippen molar-refractivity contribution in [3.63, 3.8) is 0 Å². The Hall–Kier alpha value is -0.120. The van der Waals surface area contributed by atoms with Gasteiger partial charge in [0.1, 0.15) is 0 Å². The van der Waals surface area contributed by atoms with Crippen molar-refractivity contribution in [2.45, 2.75) is 57.1 Å². The molecule has 102 valence electrons. The minimum absolute atomic E-state index is 0.0291. The van der Waals surface area contributed by atoms with Gasteiger partial charge in [0, 0.05) is 5.41 Å². The second-order valence-corrected chi connectivity index (χ2v) is 7.61. The van der Waals surface area contributed by atoms with Crippen LogP contribution in [0.2, 0.25) is 0 Å². The predicted molar refractivity (Wildman–Crippen MR) is 77.7 cm³/mol. The molecule has 0 saturated carbocycles. The molecule has 0 heterocycles. The van der Waals surface area contributed by atoms with Gasteiger partial charge in [-0.15, -0.1) is 0 Å². The van der Waals surface area contributed by atoms with Crippen LogP contribution in [0.5, 0.6) is 0 Å². The second kappa shape index (κ2) is 4.19. The predicted octanol–water partition coefficient (Wildman–Crippen LogP) is 3.18. The standard InChI is InChI=1S/C15H23BrO2/c1-10-9-11(17)12(16)13(2,3)15(10)7-5-14(4,18)6-8-15/h5,7,9,11-12,17-18H,6,8H2,1-4H3. The van der Waals surface area contributed by atoms with E-state index in [1.54, 1.807) is 0 Å². The molecule has 4 atom stereocenters. The van der Waals surface area contributed by atoms with Gasteiger partial charge in [-0.05, 0) is 32.1 Å². The number of aliphatic hydroxyl groups excluding tert-OH is 1. The van der Waals surface area contributed by atoms with E-state index in [0.29, 0.717) is 0 Å². The average molecular weight is 315 g/mol. The molecular weight excluding hydrogens is 292 g/mol. The lowest BCUT2D eigenvalue weighted by molar-refractivity contribution is 0.0256. The van der Waals surface area contributed by atoms with Crippen molar-refractivity contribution >= 4 is 15.9 Å². The van der Waals surface area contributed by atoms with E-state index in [4.69, 9.17) is 0 Å². The summed E-state index contributed by atoms with van der Waals surface area (Å²) in [5, 5.41) is 20.2. The van der Waals surface area contributed by atoms with E-state index in [9.17, 15) is 10.2 Å². The maximum atomic E-state index is 10.1. The summed E-state index contributed by atoms with van der Waals surface area (Å²) >= 11 is 3.65. The van der Waals surface area contributed by atoms with Crippen LogP contribution in [0.15, 0.2) is 23.8 Å². The van der Waals surface area contributed by atoms with Gasteiger partial charge in [-0.25, -0.2) is 0 Å². The molecule has 2 nitrogen and oxygen atoms in total. The van der Waals surface area contributed by atoms with E-state index in [1.807, 2.05) is 19.1 Å². The van der Waals surface area contributed by atoms with Gasteiger partial charge in [-0.2, -0.15) is 0 Å². The molecular formula is C15H23BrO2. The quantitative estimate of drug-likeness (QED) is 0.532. The van der Waals surface area contributed by atoms with Crippen molar-refractivity contribution in [1.29, 1.82) is 0 Å². The van der Waals surface area contributed by atoms with E-state index in [-0.39, 0.29) is 15.7 Å². The van der Waals surface area contributed by atoms with Crippen LogP contribution >= 0.6 is 15.9 Å². The Balaban J connectivity index is 2.52. The van der Waals surface area contributed by atoms with Crippen molar-refractivity contribution in [3.8, 4) is 0 Å². The largest absolute Gasteiger partial charge is 0.388 e. The van der Waals surface area contributed by atoms with Gasteiger partial charge < -0.3 is 10.2 Å². The Kier molecular flexibility index (Phi) is 3.33. The Bertz CT molecular complexity index is 409. The third-order valence-electron chi connectivity index (χ3n) is 5.02. The Labute approximate surface area is 118 Å². The lowest BCUT2D eigenvalue weighted by atomic mass is 9.52. The summed E-state index contributed by atoms with van der Waals surface area (Å²) in [4.78, 5) is 0.0291. The zero-order valence-electron chi connectivity index (χ0n) is 11.6. The zero-order chi connectivity index (χ0) is 13.8. The highest BCUT2D eigenvalue weighted by Gasteiger charge is 2.54. The van der Waals surface area contributed by atoms with Crippen molar-refractivity contribution in [2.24, 2.45) is 10.8 Å².